The molecule has 0 saturated carbocycles. The topological polar surface area (TPSA) is 58.6 Å². The molecule has 0 fully saturated rings. The molecule has 34 heavy (non-hydrogen) atoms. The van der Waals surface area contributed by atoms with Crippen LogP contribution >= 0.6 is 0 Å². The monoisotopic (exact) mass is 458 g/mol. The summed E-state index contributed by atoms with van der Waals surface area (Å²) in [5, 5.41) is 1.43. The van der Waals surface area contributed by atoms with Crippen LogP contribution in [0.2, 0.25) is 0 Å². The molecule has 0 aliphatic carbocycles. The Morgan fingerprint density at radius 2 is 1.56 bits per heavy atom. The van der Waals surface area contributed by atoms with Gasteiger partial charge in [-0.25, -0.2) is 0 Å². The number of hydrogen-bond donors (Lipinski definition) is 1. The number of nitrogens with zero attached hydrogens (tertiary/aromatic N) is 1. The summed E-state index contributed by atoms with van der Waals surface area (Å²) in [5.41, 5.74) is 7.67. The summed E-state index contributed by atoms with van der Waals surface area (Å²) in [4.78, 5) is 25.7. The van der Waals surface area contributed by atoms with Crippen LogP contribution in [0.25, 0.3) is 11.1 Å². The summed E-state index contributed by atoms with van der Waals surface area (Å²) in [7, 11) is 1.68. The Morgan fingerprint density at radius 3 is 2.21 bits per heavy atom. The summed E-state index contributed by atoms with van der Waals surface area (Å²) < 4.78 is 5.65. The van der Waals surface area contributed by atoms with Gasteiger partial charge in [0.1, 0.15) is 5.75 Å². The Bertz CT molecular complexity index is 1120. The number of ether oxygens (including phenoxy) is 1. The van der Waals surface area contributed by atoms with Gasteiger partial charge in [0.15, 0.2) is 0 Å². The molecule has 0 aliphatic heterocycles. The summed E-state index contributed by atoms with van der Waals surface area (Å²) in [6, 6.07) is 23.1. The highest BCUT2D eigenvalue weighted by Gasteiger charge is 2.21. The van der Waals surface area contributed by atoms with Crippen molar-refractivity contribution in [2.24, 2.45) is 0 Å². The highest BCUT2D eigenvalue weighted by atomic mass is 16.5. The normalized spacial score (nSPS) is 10.9. The largest absolute Gasteiger partial charge is 0.496 e. The zero-order valence-electron chi connectivity index (χ0n) is 20.7. The van der Waals surface area contributed by atoms with Crippen molar-refractivity contribution >= 4 is 11.8 Å². The first-order valence-corrected chi connectivity index (χ1v) is 11.8. The summed E-state index contributed by atoms with van der Waals surface area (Å²) in [6.45, 7) is 8.11. The van der Waals surface area contributed by atoms with Crippen LogP contribution in [-0.2, 0) is 11.2 Å². The molecule has 3 rings (SSSR count). The fourth-order valence-electron chi connectivity index (χ4n) is 3.90. The third-order valence-electron chi connectivity index (χ3n) is 5.85. The standard InChI is InChI=1S/C29H34N2O3/c1-20(2)24-15-17-27(34-5)26(19-24)25-14-10-9-11-22(25)16-18-28(32)31(21(3)4)30-29(33)23-12-7-6-8-13-23/h6-15,17,19-21H,16,18H2,1-5H3,(H,30,33). The predicted molar refractivity (Wildman–Crippen MR) is 137 cm³/mol. The van der Waals surface area contributed by atoms with E-state index in [1.54, 1.807) is 31.4 Å². The lowest BCUT2D eigenvalue weighted by Gasteiger charge is -2.27. The van der Waals surface area contributed by atoms with E-state index in [0.717, 1.165) is 22.4 Å². The fourth-order valence-corrected chi connectivity index (χ4v) is 3.90. The zero-order chi connectivity index (χ0) is 24.7. The molecule has 2 amide bonds. The second-order valence-corrected chi connectivity index (χ2v) is 8.94. The lowest BCUT2D eigenvalue weighted by Crippen LogP contribution is -2.50. The van der Waals surface area contributed by atoms with Gasteiger partial charge in [-0.1, -0.05) is 62.4 Å². The molecule has 0 unspecified atom stereocenters. The van der Waals surface area contributed by atoms with Crippen molar-refractivity contribution in [3.8, 4) is 16.9 Å². The maximum atomic E-state index is 13.1. The number of methoxy groups -OCH3 is 1. The van der Waals surface area contributed by atoms with Crippen LogP contribution in [0.3, 0.4) is 0 Å². The molecule has 0 radical (unpaired) electrons. The molecule has 3 aromatic carbocycles. The Labute approximate surface area is 202 Å². The summed E-state index contributed by atoms with van der Waals surface area (Å²) >= 11 is 0. The van der Waals surface area contributed by atoms with E-state index in [-0.39, 0.29) is 24.3 Å². The van der Waals surface area contributed by atoms with E-state index < -0.39 is 0 Å². The second kappa shape index (κ2) is 11.5. The number of nitrogens with one attached hydrogen (secondary N) is 1. The Morgan fingerprint density at radius 1 is 0.882 bits per heavy atom. The maximum absolute atomic E-state index is 13.1. The quantitative estimate of drug-likeness (QED) is 0.421. The molecule has 178 valence electrons. The highest BCUT2D eigenvalue weighted by molar-refractivity contribution is 5.95. The van der Waals surface area contributed by atoms with Crippen molar-refractivity contribution in [1.29, 1.82) is 0 Å². The fraction of sp³-hybridized carbons (Fsp3) is 0.310. The van der Waals surface area contributed by atoms with Crippen LogP contribution in [0.4, 0.5) is 0 Å². The van der Waals surface area contributed by atoms with Gasteiger partial charge in [0, 0.05) is 23.6 Å². The molecule has 0 atom stereocenters. The van der Waals surface area contributed by atoms with Crippen molar-refractivity contribution in [3.63, 3.8) is 0 Å². The lowest BCUT2D eigenvalue weighted by atomic mass is 9.92. The molecule has 5 nitrogen and oxygen atoms in total. The number of hydrazine groups is 1. The molecule has 0 heterocycles. The molecule has 1 N–H and O–H groups in total. The first-order valence-electron chi connectivity index (χ1n) is 11.8. The minimum atomic E-state index is -0.293. The third-order valence-corrected chi connectivity index (χ3v) is 5.85. The average molecular weight is 459 g/mol. The van der Waals surface area contributed by atoms with Crippen molar-refractivity contribution < 1.29 is 14.3 Å². The zero-order valence-corrected chi connectivity index (χ0v) is 20.7. The van der Waals surface area contributed by atoms with Gasteiger partial charge in [-0.05, 0) is 67.1 Å². The predicted octanol–water partition coefficient (Wildman–Crippen LogP) is 6.00. The van der Waals surface area contributed by atoms with Crippen molar-refractivity contribution in [2.45, 2.75) is 52.5 Å². The van der Waals surface area contributed by atoms with E-state index in [2.05, 4.69) is 37.5 Å². The number of aryl methyl sites for hydroxylation is 1. The average Bonchev–Trinajstić information content (AvgIpc) is 2.85. The van der Waals surface area contributed by atoms with Crippen LogP contribution in [0.1, 0.15) is 61.5 Å². The van der Waals surface area contributed by atoms with Crippen LogP contribution < -0.4 is 10.2 Å². The maximum Gasteiger partial charge on any atom is 0.269 e. The minimum absolute atomic E-state index is 0.128. The second-order valence-electron chi connectivity index (χ2n) is 8.94. The van der Waals surface area contributed by atoms with Gasteiger partial charge < -0.3 is 4.74 Å². The van der Waals surface area contributed by atoms with Crippen LogP contribution in [0, 0.1) is 0 Å². The van der Waals surface area contributed by atoms with E-state index >= 15 is 0 Å². The summed E-state index contributed by atoms with van der Waals surface area (Å²) in [5.74, 6) is 0.781. The van der Waals surface area contributed by atoms with Gasteiger partial charge in [-0.15, -0.1) is 0 Å². The molecule has 0 saturated heterocycles. The smallest absolute Gasteiger partial charge is 0.269 e. The van der Waals surface area contributed by atoms with Gasteiger partial charge in [0.2, 0.25) is 5.91 Å². The Hall–Kier alpha value is -3.60. The molecule has 0 bridgehead atoms. The van der Waals surface area contributed by atoms with Crippen LogP contribution in [-0.4, -0.2) is 30.0 Å². The van der Waals surface area contributed by atoms with Gasteiger partial charge >= 0.3 is 0 Å². The number of benzene rings is 3. The van der Waals surface area contributed by atoms with E-state index in [4.69, 9.17) is 4.74 Å². The molecular weight excluding hydrogens is 424 g/mol. The van der Waals surface area contributed by atoms with E-state index in [0.29, 0.717) is 17.9 Å². The minimum Gasteiger partial charge on any atom is -0.496 e. The van der Waals surface area contributed by atoms with Gasteiger partial charge in [0.05, 0.1) is 7.11 Å². The van der Waals surface area contributed by atoms with Gasteiger partial charge in [-0.2, -0.15) is 0 Å². The van der Waals surface area contributed by atoms with Crippen molar-refractivity contribution in [3.05, 3.63) is 89.5 Å². The molecule has 0 aliphatic rings. The van der Waals surface area contributed by atoms with Gasteiger partial charge in [-0.3, -0.25) is 20.0 Å². The Balaban J connectivity index is 1.80. The lowest BCUT2D eigenvalue weighted by molar-refractivity contribution is -0.135. The number of rotatable bonds is 8. The first kappa shape index (κ1) is 25.0. The molecule has 3 aromatic rings. The number of carbonyl (C=O) groups is 2. The first-order chi connectivity index (χ1) is 16.3. The Kier molecular flexibility index (Phi) is 8.47. The van der Waals surface area contributed by atoms with Crippen molar-refractivity contribution in [2.75, 3.05) is 7.11 Å². The van der Waals surface area contributed by atoms with E-state index in [9.17, 15) is 9.59 Å². The van der Waals surface area contributed by atoms with Gasteiger partial charge in [0.25, 0.3) is 5.91 Å². The third kappa shape index (κ3) is 6.04. The van der Waals surface area contributed by atoms with Crippen LogP contribution in [0.15, 0.2) is 72.8 Å². The van der Waals surface area contributed by atoms with E-state index in [1.807, 2.05) is 44.2 Å². The molecular formula is C29H34N2O3. The van der Waals surface area contributed by atoms with Crippen LogP contribution in [0.5, 0.6) is 5.75 Å². The number of amides is 2. The molecule has 5 heteroatoms. The van der Waals surface area contributed by atoms with Crippen molar-refractivity contribution in [1.82, 2.24) is 10.4 Å². The number of carbonyl (C=O) groups excluding carboxylic acids is 2. The number of hydrogen-bond acceptors (Lipinski definition) is 3. The van der Waals surface area contributed by atoms with E-state index in [1.165, 1.54) is 10.6 Å². The highest BCUT2D eigenvalue weighted by Crippen LogP contribution is 2.35. The SMILES string of the molecule is COc1ccc(C(C)C)cc1-c1ccccc1CCC(=O)N(NC(=O)c1ccccc1)C(C)C. The summed E-state index contributed by atoms with van der Waals surface area (Å²) in [6.07, 6.45) is 0.824. The molecule has 0 aromatic heterocycles. The molecule has 0 spiro atoms.